The maximum Gasteiger partial charge on any atom is 0.405 e. The summed E-state index contributed by atoms with van der Waals surface area (Å²) in [6, 6.07) is 14.1. The van der Waals surface area contributed by atoms with Gasteiger partial charge in [-0.25, -0.2) is 4.79 Å². The number of nitrogens with two attached hydrogens (primary N) is 1. The molecule has 2 heterocycles. The van der Waals surface area contributed by atoms with Gasteiger partial charge in [0, 0.05) is 12.1 Å². The van der Waals surface area contributed by atoms with E-state index < -0.39 is 17.3 Å². The third kappa shape index (κ3) is 4.29. The molecule has 8 bridgehead atoms. The van der Waals surface area contributed by atoms with Crippen molar-refractivity contribution < 1.29 is 33.8 Å². The second kappa shape index (κ2) is 9.98. The lowest BCUT2D eigenvalue weighted by atomic mass is 9.52. The molecule has 244 valence electrons. The molecule has 8 saturated carbocycles. The number of benzene rings is 2. The lowest BCUT2D eigenvalue weighted by Gasteiger charge is -2.60. The van der Waals surface area contributed by atoms with E-state index >= 15 is 0 Å². The monoisotopic (exact) mass is 637 g/mol. The molecule has 2 aromatic carbocycles. The summed E-state index contributed by atoms with van der Waals surface area (Å²) < 4.78 is 5.53. The molecule has 2 aromatic rings. The number of primary amides is 1. The van der Waals surface area contributed by atoms with E-state index in [-0.39, 0.29) is 59.4 Å². The van der Waals surface area contributed by atoms with Crippen molar-refractivity contribution in [1.29, 1.82) is 0 Å². The van der Waals surface area contributed by atoms with Crippen molar-refractivity contribution in [1.82, 2.24) is 9.80 Å². The highest BCUT2D eigenvalue weighted by Crippen LogP contribution is 2.60. The second-order valence-corrected chi connectivity index (χ2v) is 15.8. The third-order valence-electron chi connectivity index (χ3n) is 12.9. The van der Waals surface area contributed by atoms with Gasteiger partial charge in [-0.1, -0.05) is 24.3 Å². The van der Waals surface area contributed by atoms with Gasteiger partial charge >= 0.3 is 6.09 Å². The third-order valence-corrected chi connectivity index (χ3v) is 12.9. The van der Waals surface area contributed by atoms with Crippen LogP contribution in [0.5, 0.6) is 0 Å². The summed E-state index contributed by atoms with van der Waals surface area (Å²) >= 11 is 0. The molecular weight excluding hydrogens is 598 g/mol. The zero-order valence-electron chi connectivity index (χ0n) is 26.2. The highest BCUT2D eigenvalue weighted by Gasteiger charge is 2.61. The predicted octanol–water partition coefficient (Wildman–Crippen LogP) is 4.55. The number of hydrogen-bond donors (Lipinski definition) is 2. The van der Waals surface area contributed by atoms with Gasteiger partial charge in [0.1, 0.15) is 5.60 Å². The normalized spacial score (nSPS) is 40.0. The van der Waals surface area contributed by atoms with Gasteiger partial charge < -0.3 is 15.6 Å². The molecule has 5 amide bonds. The standard InChI is InChI=1S/C19H20N2O4.C18H19NO3/c20-18(24)25-19-7-10-5-11(8-19)15(12(6-10)9-19)21-16(22)13-3-1-2-4-14(13)17(21)23;20-16-13-3-1-2-4-14(13)17(21)19(16)15-11-5-10-6-12(15)9-18(22,7-10)8-11/h1-4,10-12,15H,5-9H2,(H2,20,24);1-4,10-12,15,22H,5-9H2. The van der Waals surface area contributed by atoms with Gasteiger partial charge in [-0.3, -0.25) is 29.0 Å². The first kappa shape index (κ1) is 29.1. The molecule has 2 aliphatic heterocycles. The summed E-state index contributed by atoms with van der Waals surface area (Å²) in [5.74, 6) is 1.37. The number of fused-ring (bicyclic) bond motifs is 2. The Morgan fingerprint density at radius 1 is 0.617 bits per heavy atom. The van der Waals surface area contributed by atoms with E-state index in [9.17, 15) is 29.1 Å². The number of amides is 5. The lowest BCUT2D eigenvalue weighted by molar-refractivity contribution is -0.149. The summed E-state index contributed by atoms with van der Waals surface area (Å²) in [6.07, 6.45) is 8.01. The van der Waals surface area contributed by atoms with Crippen LogP contribution >= 0.6 is 0 Å². The largest absolute Gasteiger partial charge is 0.443 e. The first-order chi connectivity index (χ1) is 22.5. The molecule has 8 fully saturated rings. The number of hydrogen-bond acceptors (Lipinski definition) is 7. The number of aliphatic hydroxyl groups is 1. The number of nitrogens with zero attached hydrogens (tertiary/aromatic N) is 2. The molecule has 3 N–H and O–H groups in total. The molecule has 8 aliphatic carbocycles. The van der Waals surface area contributed by atoms with Gasteiger partial charge in [0.25, 0.3) is 23.6 Å². The number of carbonyl (C=O) groups excluding carboxylic acids is 5. The quantitative estimate of drug-likeness (QED) is 0.470. The highest BCUT2D eigenvalue weighted by atomic mass is 16.6. The molecule has 0 aromatic heterocycles. The van der Waals surface area contributed by atoms with Crippen LogP contribution in [0.2, 0.25) is 0 Å². The maximum absolute atomic E-state index is 12.9. The van der Waals surface area contributed by atoms with Crippen LogP contribution in [0.15, 0.2) is 48.5 Å². The van der Waals surface area contributed by atoms with Crippen LogP contribution in [0.4, 0.5) is 4.79 Å². The number of carbonyl (C=O) groups is 5. The second-order valence-electron chi connectivity index (χ2n) is 15.8. The molecule has 0 spiro atoms. The van der Waals surface area contributed by atoms with E-state index in [0.717, 1.165) is 51.4 Å². The number of rotatable bonds is 3. The van der Waals surface area contributed by atoms with Crippen LogP contribution in [0, 0.1) is 35.5 Å². The van der Waals surface area contributed by atoms with Crippen LogP contribution < -0.4 is 5.73 Å². The van der Waals surface area contributed by atoms with E-state index in [1.165, 1.54) is 9.80 Å². The minimum Gasteiger partial charge on any atom is -0.443 e. The molecular formula is C37H39N3O7. The zero-order chi connectivity index (χ0) is 32.4. The first-order valence-electron chi connectivity index (χ1n) is 17.2. The first-order valence-corrected chi connectivity index (χ1v) is 17.2. The van der Waals surface area contributed by atoms with E-state index in [2.05, 4.69) is 0 Å². The van der Waals surface area contributed by atoms with Gasteiger partial charge in [-0.15, -0.1) is 0 Å². The topological polar surface area (TPSA) is 147 Å². The van der Waals surface area contributed by atoms with E-state index in [1.807, 2.05) is 12.1 Å². The Hall–Kier alpha value is -4.05. The van der Waals surface area contributed by atoms with Crippen LogP contribution in [0.25, 0.3) is 0 Å². The van der Waals surface area contributed by atoms with Crippen molar-refractivity contribution in [2.24, 2.45) is 41.2 Å². The number of imide groups is 2. The summed E-state index contributed by atoms with van der Waals surface area (Å²) in [5, 5.41) is 10.7. The fourth-order valence-electron chi connectivity index (χ4n) is 12.0. The van der Waals surface area contributed by atoms with Gasteiger partial charge in [0.2, 0.25) is 0 Å². The molecule has 4 unspecified atom stereocenters. The molecule has 12 rings (SSSR count). The van der Waals surface area contributed by atoms with E-state index in [0.29, 0.717) is 46.9 Å². The van der Waals surface area contributed by atoms with Gasteiger partial charge in [-0.2, -0.15) is 0 Å². The van der Waals surface area contributed by atoms with Crippen molar-refractivity contribution in [2.45, 2.75) is 87.5 Å². The summed E-state index contributed by atoms with van der Waals surface area (Å²) in [4.78, 5) is 65.7. The Morgan fingerprint density at radius 2 is 0.979 bits per heavy atom. The fraction of sp³-hybridized carbons (Fsp3) is 0.541. The molecule has 4 atom stereocenters. The van der Waals surface area contributed by atoms with Crippen molar-refractivity contribution in [3.05, 3.63) is 70.8 Å². The highest BCUT2D eigenvalue weighted by molar-refractivity contribution is 6.22. The van der Waals surface area contributed by atoms with Crippen LogP contribution in [0.3, 0.4) is 0 Å². The van der Waals surface area contributed by atoms with Crippen LogP contribution in [0.1, 0.15) is 106 Å². The van der Waals surface area contributed by atoms with Crippen molar-refractivity contribution in [3.63, 3.8) is 0 Å². The van der Waals surface area contributed by atoms with E-state index in [1.54, 1.807) is 36.4 Å². The zero-order valence-corrected chi connectivity index (χ0v) is 26.2. The van der Waals surface area contributed by atoms with Crippen molar-refractivity contribution in [2.75, 3.05) is 0 Å². The van der Waals surface area contributed by atoms with Crippen LogP contribution in [-0.2, 0) is 4.74 Å². The summed E-state index contributed by atoms with van der Waals surface area (Å²) in [6.45, 7) is 0. The Labute approximate surface area is 272 Å². The smallest absolute Gasteiger partial charge is 0.405 e. The van der Waals surface area contributed by atoms with Gasteiger partial charge in [-0.05, 0) is 124 Å². The summed E-state index contributed by atoms with van der Waals surface area (Å²) in [7, 11) is 0. The Morgan fingerprint density at radius 3 is 1.34 bits per heavy atom. The minimum absolute atomic E-state index is 0.00998. The van der Waals surface area contributed by atoms with Crippen molar-refractivity contribution >= 4 is 29.7 Å². The minimum atomic E-state index is -0.723. The molecule has 10 nitrogen and oxygen atoms in total. The van der Waals surface area contributed by atoms with Crippen molar-refractivity contribution in [3.8, 4) is 0 Å². The Balaban J connectivity index is 0.000000130. The predicted molar refractivity (Wildman–Crippen MR) is 167 cm³/mol. The molecule has 0 radical (unpaired) electrons. The molecule has 10 aliphatic rings. The SMILES string of the molecule is NC(=O)OC12CC3CC(C1)C(N1C(=O)c4ccccc4C1=O)C(C3)C2.O=C1c2ccccc2C(=O)N1C1C2CC3CC1CC(O)(C3)C2. The molecule has 10 heteroatoms. The fourth-order valence-corrected chi connectivity index (χ4v) is 12.0. The van der Waals surface area contributed by atoms with Gasteiger partial charge in [0.15, 0.2) is 0 Å². The van der Waals surface area contributed by atoms with Gasteiger partial charge in [0.05, 0.1) is 27.9 Å². The Kier molecular flexibility index (Phi) is 6.18. The number of ether oxygens (including phenoxy) is 1. The average Bonchev–Trinajstić information content (AvgIpc) is 3.40. The van der Waals surface area contributed by atoms with Crippen LogP contribution in [-0.4, -0.2) is 67.9 Å². The maximum atomic E-state index is 12.9. The molecule has 0 saturated heterocycles. The lowest BCUT2D eigenvalue weighted by Crippen LogP contribution is -2.63. The Bertz CT molecular complexity index is 1650. The molecule has 47 heavy (non-hydrogen) atoms. The van der Waals surface area contributed by atoms with E-state index in [4.69, 9.17) is 10.5 Å². The average molecular weight is 638 g/mol. The summed E-state index contributed by atoms with van der Waals surface area (Å²) in [5.41, 5.74) is 6.36.